The Morgan fingerprint density at radius 1 is 1.15 bits per heavy atom. The van der Waals surface area contributed by atoms with Gasteiger partial charge in [0.05, 0.1) is 18.6 Å². The Bertz CT molecular complexity index is 893. The lowest BCUT2D eigenvalue weighted by Crippen LogP contribution is -2.23. The van der Waals surface area contributed by atoms with E-state index in [1.54, 1.807) is 43.5 Å². The van der Waals surface area contributed by atoms with Gasteiger partial charge in [-0.2, -0.15) is 5.10 Å². The second-order valence-corrected chi connectivity index (χ2v) is 5.73. The predicted octanol–water partition coefficient (Wildman–Crippen LogP) is 2.30. The lowest BCUT2D eigenvalue weighted by Gasteiger charge is -2.12. The largest absolute Gasteiger partial charge is 0.497 e. The average molecular weight is 370 g/mol. The average Bonchev–Trinajstić information content (AvgIpc) is 3.15. The van der Waals surface area contributed by atoms with Gasteiger partial charge in [-0.1, -0.05) is 0 Å². The first kappa shape index (κ1) is 18.3. The summed E-state index contributed by atoms with van der Waals surface area (Å²) in [5.41, 5.74) is 0.660. The van der Waals surface area contributed by atoms with Crippen molar-refractivity contribution in [1.29, 1.82) is 0 Å². The summed E-state index contributed by atoms with van der Waals surface area (Å²) in [6.45, 7) is 0.301. The standard InChI is InChI=1S/C18H18N4O5/c1-26-16-6-8-17(9-7-16)27-11-15(23)10-21-12-19-18(20-21)13-2-4-14(5-3-13)22(24)25/h2-9,12,15,23H,10-11H2,1H3/t15-/m1/s1. The molecule has 1 N–H and O–H groups in total. The first-order chi connectivity index (χ1) is 13.0. The molecule has 0 bridgehead atoms. The molecule has 1 aromatic heterocycles. The molecular weight excluding hydrogens is 352 g/mol. The van der Waals surface area contributed by atoms with Crippen molar-refractivity contribution in [1.82, 2.24) is 14.8 Å². The van der Waals surface area contributed by atoms with E-state index in [9.17, 15) is 15.2 Å². The van der Waals surface area contributed by atoms with Crippen LogP contribution < -0.4 is 9.47 Å². The summed E-state index contributed by atoms with van der Waals surface area (Å²) in [5.74, 6) is 1.78. The Labute approximate surface area is 155 Å². The molecule has 0 aliphatic rings. The van der Waals surface area contributed by atoms with Crippen LogP contribution in [0.4, 0.5) is 5.69 Å². The molecule has 0 saturated carbocycles. The van der Waals surface area contributed by atoms with Gasteiger partial charge in [-0.25, -0.2) is 9.67 Å². The molecule has 9 nitrogen and oxygen atoms in total. The second kappa shape index (κ2) is 8.28. The molecule has 0 amide bonds. The first-order valence-electron chi connectivity index (χ1n) is 8.14. The van der Waals surface area contributed by atoms with Crippen LogP contribution in [0.2, 0.25) is 0 Å². The molecule has 0 spiro atoms. The third-order valence-corrected chi connectivity index (χ3v) is 3.77. The Morgan fingerprint density at radius 3 is 2.44 bits per heavy atom. The SMILES string of the molecule is COc1ccc(OC[C@H](O)Cn2cnc(-c3ccc([N+](=O)[O-])cc3)n2)cc1. The van der Waals surface area contributed by atoms with Gasteiger partial charge >= 0.3 is 0 Å². The number of methoxy groups -OCH3 is 1. The molecule has 0 radical (unpaired) electrons. The maximum atomic E-state index is 10.7. The monoisotopic (exact) mass is 370 g/mol. The van der Waals surface area contributed by atoms with Crippen molar-refractivity contribution in [2.24, 2.45) is 0 Å². The van der Waals surface area contributed by atoms with E-state index in [0.717, 1.165) is 5.75 Å². The van der Waals surface area contributed by atoms with Gasteiger partial charge in [-0.05, 0) is 36.4 Å². The summed E-state index contributed by atoms with van der Waals surface area (Å²) < 4.78 is 12.1. The van der Waals surface area contributed by atoms with Crippen molar-refractivity contribution in [2.75, 3.05) is 13.7 Å². The summed E-state index contributed by atoms with van der Waals surface area (Å²) >= 11 is 0. The highest BCUT2D eigenvalue weighted by atomic mass is 16.6. The zero-order valence-corrected chi connectivity index (χ0v) is 14.6. The molecule has 0 aliphatic heterocycles. The van der Waals surface area contributed by atoms with Crippen LogP contribution in [0.15, 0.2) is 54.9 Å². The molecule has 2 aromatic carbocycles. The Kier molecular flexibility index (Phi) is 5.62. The number of hydrogen-bond donors (Lipinski definition) is 1. The van der Waals surface area contributed by atoms with Crippen molar-refractivity contribution < 1.29 is 19.5 Å². The van der Waals surface area contributed by atoms with Crippen molar-refractivity contribution in [3.05, 3.63) is 65.0 Å². The van der Waals surface area contributed by atoms with Crippen molar-refractivity contribution in [3.63, 3.8) is 0 Å². The molecule has 140 valence electrons. The second-order valence-electron chi connectivity index (χ2n) is 5.73. The first-order valence-corrected chi connectivity index (χ1v) is 8.14. The molecule has 0 saturated heterocycles. The highest BCUT2D eigenvalue weighted by molar-refractivity contribution is 5.56. The summed E-state index contributed by atoms with van der Waals surface area (Å²) in [6.07, 6.45) is 0.714. The lowest BCUT2D eigenvalue weighted by atomic mass is 10.2. The van der Waals surface area contributed by atoms with Gasteiger partial charge in [0.2, 0.25) is 0 Å². The zero-order chi connectivity index (χ0) is 19.2. The molecule has 0 aliphatic carbocycles. The van der Waals surface area contributed by atoms with Gasteiger partial charge in [-0.3, -0.25) is 10.1 Å². The van der Waals surface area contributed by atoms with Crippen LogP contribution in [0, 0.1) is 10.1 Å². The molecule has 3 aromatic rings. The fraction of sp³-hybridized carbons (Fsp3) is 0.222. The fourth-order valence-corrected chi connectivity index (χ4v) is 2.38. The summed E-state index contributed by atoms with van der Waals surface area (Å²) in [7, 11) is 1.59. The molecule has 9 heteroatoms. The number of benzene rings is 2. The van der Waals surface area contributed by atoms with E-state index in [0.29, 0.717) is 17.1 Å². The number of aliphatic hydroxyl groups excluding tert-OH is 1. The number of aromatic nitrogens is 3. The topological polar surface area (TPSA) is 113 Å². The van der Waals surface area contributed by atoms with Crippen LogP contribution in [0.1, 0.15) is 0 Å². The minimum Gasteiger partial charge on any atom is -0.497 e. The number of ether oxygens (including phenoxy) is 2. The number of nitrogens with zero attached hydrogens (tertiary/aromatic N) is 4. The number of rotatable bonds is 8. The quantitative estimate of drug-likeness (QED) is 0.478. The van der Waals surface area contributed by atoms with E-state index in [1.165, 1.54) is 23.1 Å². The minimum absolute atomic E-state index is 0.00397. The molecule has 0 unspecified atom stereocenters. The molecule has 27 heavy (non-hydrogen) atoms. The van der Waals surface area contributed by atoms with E-state index in [2.05, 4.69) is 10.1 Å². The van der Waals surface area contributed by atoms with E-state index >= 15 is 0 Å². The summed E-state index contributed by atoms with van der Waals surface area (Å²) in [4.78, 5) is 14.4. The smallest absolute Gasteiger partial charge is 0.269 e. The predicted molar refractivity (Wildman–Crippen MR) is 96.6 cm³/mol. The molecular formula is C18H18N4O5. The van der Waals surface area contributed by atoms with Crippen LogP contribution in [0.3, 0.4) is 0 Å². The van der Waals surface area contributed by atoms with Gasteiger partial charge in [0.25, 0.3) is 5.69 Å². The van der Waals surface area contributed by atoms with Crippen molar-refractivity contribution in [2.45, 2.75) is 12.6 Å². The number of hydrogen-bond acceptors (Lipinski definition) is 7. The van der Waals surface area contributed by atoms with Crippen LogP contribution in [0.5, 0.6) is 11.5 Å². The fourth-order valence-electron chi connectivity index (χ4n) is 2.38. The van der Waals surface area contributed by atoms with Crippen LogP contribution in [-0.2, 0) is 6.54 Å². The maximum Gasteiger partial charge on any atom is 0.269 e. The van der Waals surface area contributed by atoms with Gasteiger partial charge in [0.1, 0.15) is 30.5 Å². The number of aliphatic hydroxyl groups is 1. The van der Waals surface area contributed by atoms with Gasteiger partial charge < -0.3 is 14.6 Å². The molecule has 1 atom stereocenters. The van der Waals surface area contributed by atoms with Crippen LogP contribution in [0.25, 0.3) is 11.4 Å². The Hall–Kier alpha value is -3.46. The highest BCUT2D eigenvalue weighted by Gasteiger charge is 2.11. The number of non-ortho nitro benzene ring substituents is 1. The van der Waals surface area contributed by atoms with Crippen molar-refractivity contribution in [3.8, 4) is 22.9 Å². The Morgan fingerprint density at radius 2 is 1.81 bits per heavy atom. The van der Waals surface area contributed by atoms with Gasteiger partial charge in [0.15, 0.2) is 5.82 Å². The molecule has 1 heterocycles. The van der Waals surface area contributed by atoms with Gasteiger partial charge in [0, 0.05) is 17.7 Å². The summed E-state index contributed by atoms with van der Waals surface area (Å²) in [6, 6.07) is 13.0. The van der Waals surface area contributed by atoms with E-state index in [4.69, 9.17) is 9.47 Å². The Balaban J connectivity index is 1.55. The minimum atomic E-state index is -0.779. The van der Waals surface area contributed by atoms with Crippen LogP contribution >= 0.6 is 0 Å². The van der Waals surface area contributed by atoms with Gasteiger partial charge in [-0.15, -0.1) is 0 Å². The maximum absolute atomic E-state index is 10.7. The lowest BCUT2D eigenvalue weighted by molar-refractivity contribution is -0.384. The van der Waals surface area contributed by atoms with Crippen molar-refractivity contribution >= 4 is 5.69 Å². The molecule has 0 fully saturated rings. The molecule has 3 rings (SSSR count). The third kappa shape index (κ3) is 4.79. The van der Waals surface area contributed by atoms with Crippen LogP contribution in [-0.4, -0.2) is 44.6 Å². The van der Waals surface area contributed by atoms with E-state index < -0.39 is 11.0 Å². The normalized spacial score (nSPS) is 11.8. The number of nitro benzene ring substituents is 1. The number of nitro groups is 1. The highest BCUT2D eigenvalue weighted by Crippen LogP contribution is 2.19. The van der Waals surface area contributed by atoms with E-state index in [-0.39, 0.29) is 18.8 Å². The zero-order valence-electron chi connectivity index (χ0n) is 14.6. The summed E-state index contributed by atoms with van der Waals surface area (Å²) in [5, 5.41) is 25.1. The third-order valence-electron chi connectivity index (χ3n) is 3.77. The van der Waals surface area contributed by atoms with E-state index in [1.807, 2.05) is 0 Å².